The highest BCUT2D eigenvalue weighted by Crippen LogP contribution is 2.22. The predicted octanol–water partition coefficient (Wildman–Crippen LogP) is -0.430. The summed E-state index contributed by atoms with van der Waals surface area (Å²) in [5, 5.41) is 17.1. The third-order valence-electron chi connectivity index (χ3n) is 2.76. The lowest BCUT2D eigenvalue weighted by Gasteiger charge is -2.33. The van der Waals surface area contributed by atoms with Gasteiger partial charge in [0.15, 0.2) is 11.9 Å². The van der Waals surface area contributed by atoms with Gasteiger partial charge in [0, 0.05) is 6.54 Å². The summed E-state index contributed by atoms with van der Waals surface area (Å²) in [6.07, 6.45) is 3.04. The van der Waals surface area contributed by atoms with Crippen molar-refractivity contribution in [3.05, 3.63) is 18.1 Å². The van der Waals surface area contributed by atoms with E-state index in [4.69, 9.17) is 5.73 Å². The summed E-state index contributed by atoms with van der Waals surface area (Å²) in [4.78, 5) is 18.3. The summed E-state index contributed by atoms with van der Waals surface area (Å²) in [7, 11) is 0. The largest absolute Gasteiger partial charge is 0.479 e. The summed E-state index contributed by atoms with van der Waals surface area (Å²) in [6, 6.07) is -0.936. The van der Waals surface area contributed by atoms with Gasteiger partial charge in [0.05, 0.1) is 18.1 Å². The van der Waals surface area contributed by atoms with Crippen LogP contribution in [-0.2, 0) is 4.79 Å². The molecule has 0 saturated carbocycles. The van der Waals surface area contributed by atoms with Crippen LogP contribution in [0.2, 0.25) is 0 Å². The van der Waals surface area contributed by atoms with E-state index in [0.717, 1.165) is 0 Å². The number of hydrogen-bond donors (Lipinski definition) is 2. The first kappa shape index (κ1) is 12.1. The highest BCUT2D eigenvalue weighted by Gasteiger charge is 2.34. The van der Waals surface area contributed by atoms with Gasteiger partial charge in [0.1, 0.15) is 5.84 Å². The van der Waals surface area contributed by atoms with Crippen LogP contribution in [0.15, 0.2) is 23.1 Å². The Hall–Kier alpha value is -2.38. The highest BCUT2D eigenvalue weighted by molar-refractivity contribution is 6.06. The Balaban J connectivity index is 2.50. The molecule has 1 aromatic rings. The molecule has 96 valence electrons. The fourth-order valence-electron chi connectivity index (χ4n) is 1.94. The quantitative estimate of drug-likeness (QED) is 0.753. The van der Waals surface area contributed by atoms with Gasteiger partial charge in [-0.1, -0.05) is 0 Å². The first-order valence-electron chi connectivity index (χ1n) is 5.47. The van der Waals surface area contributed by atoms with Crippen LogP contribution < -0.4 is 5.73 Å². The Morgan fingerprint density at radius 1 is 1.50 bits per heavy atom. The molecule has 0 aliphatic carbocycles. The molecule has 1 aromatic heterocycles. The minimum atomic E-state index is -1.02. The number of allylic oxidation sites excluding steroid dienone is 1. The monoisotopic (exact) mass is 250 g/mol. The molecule has 0 amide bonds. The van der Waals surface area contributed by atoms with Crippen molar-refractivity contribution in [2.75, 3.05) is 6.54 Å². The SMILES string of the molecule is CCN1C(C)=C(n2nccn2)N=C(N)C1C(=O)O. The van der Waals surface area contributed by atoms with Gasteiger partial charge in [-0.05, 0) is 13.8 Å². The zero-order valence-corrected chi connectivity index (χ0v) is 10.1. The Kier molecular flexibility index (Phi) is 3.00. The maximum atomic E-state index is 11.2. The molecule has 8 nitrogen and oxygen atoms in total. The second-order valence-electron chi connectivity index (χ2n) is 3.79. The molecule has 2 rings (SSSR count). The fraction of sp³-hybridized carbons (Fsp3) is 0.400. The molecule has 0 bridgehead atoms. The fourth-order valence-corrected chi connectivity index (χ4v) is 1.94. The zero-order valence-electron chi connectivity index (χ0n) is 10.1. The van der Waals surface area contributed by atoms with Crippen LogP contribution in [-0.4, -0.2) is 49.4 Å². The summed E-state index contributed by atoms with van der Waals surface area (Å²) >= 11 is 0. The number of aromatic nitrogens is 3. The van der Waals surface area contributed by atoms with Crippen molar-refractivity contribution in [2.45, 2.75) is 19.9 Å². The lowest BCUT2D eigenvalue weighted by Crippen LogP contribution is -2.51. The van der Waals surface area contributed by atoms with Crippen molar-refractivity contribution in [1.82, 2.24) is 19.9 Å². The molecule has 0 saturated heterocycles. The van der Waals surface area contributed by atoms with E-state index in [1.54, 1.807) is 11.8 Å². The van der Waals surface area contributed by atoms with Gasteiger partial charge in [-0.2, -0.15) is 10.2 Å². The second kappa shape index (κ2) is 4.47. The minimum Gasteiger partial charge on any atom is -0.479 e. The number of rotatable bonds is 3. The molecule has 1 aliphatic rings. The molecular formula is C10H14N6O2. The van der Waals surface area contributed by atoms with Gasteiger partial charge in [-0.3, -0.25) is 0 Å². The Morgan fingerprint density at radius 3 is 2.61 bits per heavy atom. The third-order valence-corrected chi connectivity index (χ3v) is 2.76. The number of amidine groups is 1. The minimum absolute atomic E-state index is 0.0299. The average Bonchev–Trinajstić information content (AvgIpc) is 2.84. The lowest BCUT2D eigenvalue weighted by molar-refractivity contribution is -0.140. The number of likely N-dealkylation sites (N-methyl/N-ethyl adjacent to an activating group) is 1. The first-order valence-corrected chi connectivity index (χ1v) is 5.47. The van der Waals surface area contributed by atoms with Crippen LogP contribution in [0, 0.1) is 0 Å². The lowest BCUT2D eigenvalue weighted by atomic mass is 10.1. The number of nitrogens with zero attached hydrogens (tertiary/aromatic N) is 5. The van der Waals surface area contributed by atoms with E-state index >= 15 is 0 Å². The molecule has 18 heavy (non-hydrogen) atoms. The number of carboxylic acids is 1. The summed E-state index contributed by atoms with van der Waals surface area (Å²) < 4.78 is 0. The molecule has 0 radical (unpaired) electrons. The summed E-state index contributed by atoms with van der Waals surface area (Å²) in [6.45, 7) is 4.13. The summed E-state index contributed by atoms with van der Waals surface area (Å²) in [5.74, 6) is -0.552. The standard InChI is InChI=1S/C10H14N6O2/c1-3-15-6(2)9(16-12-4-5-13-16)14-8(11)7(15)10(17)18/h4-5,7H,3H2,1-2H3,(H2,11,14)(H,17,18). The van der Waals surface area contributed by atoms with Gasteiger partial charge >= 0.3 is 5.97 Å². The Morgan fingerprint density at radius 2 is 2.11 bits per heavy atom. The molecule has 1 aliphatic heterocycles. The average molecular weight is 250 g/mol. The van der Waals surface area contributed by atoms with E-state index in [-0.39, 0.29) is 5.84 Å². The maximum Gasteiger partial charge on any atom is 0.334 e. The van der Waals surface area contributed by atoms with Gasteiger partial charge in [-0.15, -0.1) is 4.80 Å². The van der Waals surface area contributed by atoms with Crippen LogP contribution in [0.4, 0.5) is 0 Å². The van der Waals surface area contributed by atoms with Gasteiger partial charge in [0.2, 0.25) is 0 Å². The number of carbonyl (C=O) groups is 1. The van der Waals surface area contributed by atoms with Crippen LogP contribution in [0.5, 0.6) is 0 Å². The molecule has 0 aromatic carbocycles. The van der Waals surface area contributed by atoms with Crippen LogP contribution >= 0.6 is 0 Å². The normalized spacial score (nSPS) is 20.0. The summed E-state index contributed by atoms with van der Waals surface area (Å²) in [5.41, 5.74) is 6.41. The van der Waals surface area contributed by atoms with Crippen LogP contribution in [0.3, 0.4) is 0 Å². The molecule has 3 N–H and O–H groups in total. The van der Waals surface area contributed by atoms with Crippen LogP contribution in [0.25, 0.3) is 5.82 Å². The van der Waals surface area contributed by atoms with Gasteiger partial charge in [-0.25, -0.2) is 9.79 Å². The number of nitrogens with two attached hydrogens (primary N) is 1. The number of carboxylic acid groups (broad SMARTS) is 1. The van der Waals surface area contributed by atoms with E-state index in [0.29, 0.717) is 18.1 Å². The molecular weight excluding hydrogens is 236 g/mol. The third kappa shape index (κ3) is 1.81. The van der Waals surface area contributed by atoms with E-state index in [9.17, 15) is 9.90 Å². The smallest absolute Gasteiger partial charge is 0.334 e. The van der Waals surface area contributed by atoms with Crippen LogP contribution in [0.1, 0.15) is 13.8 Å². The van der Waals surface area contributed by atoms with E-state index in [2.05, 4.69) is 15.2 Å². The van der Waals surface area contributed by atoms with Crippen molar-refractivity contribution in [2.24, 2.45) is 10.7 Å². The van der Waals surface area contributed by atoms with Crippen molar-refractivity contribution in [1.29, 1.82) is 0 Å². The van der Waals surface area contributed by atoms with Crippen molar-refractivity contribution in [3.8, 4) is 0 Å². The van der Waals surface area contributed by atoms with E-state index < -0.39 is 12.0 Å². The predicted molar refractivity (Wildman–Crippen MR) is 64.3 cm³/mol. The van der Waals surface area contributed by atoms with Crippen molar-refractivity contribution in [3.63, 3.8) is 0 Å². The zero-order chi connectivity index (χ0) is 13.3. The highest BCUT2D eigenvalue weighted by atomic mass is 16.4. The Bertz CT molecular complexity index is 518. The molecule has 8 heteroatoms. The topological polar surface area (TPSA) is 110 Å². The number of aliphatic imine (C=N–C) groups is 1. The number of hydrogen-bond acceptors (Lipinski definition) is 6. The van der Waals surface area contributed by atoms with E-state index in [1.165, 1.54) is 17.2 Å². The van der Waals surface area contributed by atoms with Crippen molar-refractivity contribution < 1.29 is 9.90 Å². The van der Waals surface area contributed by atoms with Gasteiger partial charge < -0.3 is 15.7 Å². The molecule has 0 spiro atoms. The molecule has 0 fully saturated rings. The molecule has 1 atom stereocenters. The van der Waals surface area contributed by atoms with Gasteiger partial charge in [0.25, 0.3) is 0 Å². The second-order valence-corrected chi connectivity index (χ2v) is 3.79. The first-order chi connectivity index (χ1) is 8.56. The number of aliphatic carboxylic acids is 1. The van der Waals surface area contributed by atoms with E-state index in [1.807, 2.05) is 6.92 Å². The maximum absolute atomic E-state index is 11.2. The molecule has 1 unspecified atom stereocenters. The molecule has 2 heterocycles. The Labute approximate surface area is 103 Å². The van der Waals surface area contributed by atoms with Crippen molar-refractivity contribution >= 4 is 17.6 Å².